The summed E-state index contributed by atoms with van der Waals surface area (Å²) < 4.78 is 2.23. The lowest BCUT2D eigenvalue weighted by Gasteiger charge is -2.34. The Hall–Kier alpha value is -6.46. The van der Waals surface area contributed by atoms with E-state index in [2.05, 4.69) is 156 Å². The van der Waals surface area contributed by atoms with E-state index in [0.717, 1.165) is 38.6 Å². The molecule has 0 aliphatic rings. The third-order valence-electron chi connectivity index (χ3n) is 9.38. The summed E-state index contributed by atoms with van der Waals surface area (Å²) in [5, 5.41) is 26.5. The first-order valence-corrected chi connectivity index (χ1v) is 18.0. The van der Waals surface area contributed by atoms with E-state index < -0.39 is 8.07 Å². The molecule has 0 unspecified atom stereocenters. The molecule has 0 saturated heterocycles. The van der Waals surface area contributed by atoms with Crippen LogP contribution in [0.3, 0.4) is 0 Å². The number of nitriles is 2. The maximum Gasteiger partial charge on any atom is 0.179 e. The maximum absolute atomic E-state index is 9.65. The highest BCUT2D eigenvalue weighted by Crippen LogP contribution is 2.34. The predicted octanol–water partition coefficient (Wildman–Crippen LogP) is 7.57. The fourth-order valence-corrected chi connectivity index (χ4v) is 12.1. The zero-order valence-corrected chi connectivity index (χ0v) is 27.1. The summed E-state index contributed by atoms with van der Waals surface area (Å²) in [5.41, 5.74) is 6.46. The number of aromatic nitrogens is 1. The summed E-state index contributed by atoms with van der Waals surface area (Å²) in [6.07, 6.45) is 0. The highest BCUT2D eigenvalue weighted by Gasteiger charge is 2.41. The van der Waals surface area contributed by atoms with E-state index in [1.807, 2.05) is 36.4 Å². The van der Waals surface area contributed by atoms with Gasteiger partial charge in [-0.05, 0) is 80.4 Å². The molecule has 0 fully saturated rings. The number of fused-ring (bicyclic) bond motifs is 3. The van der Waals surface area contributed by atoms with Crippen molar-refractivity contribution in [2.75, 3.05) is 0 Å². The van der Waals surface area contributed by atoms with Crippen molar-refractivity contribution in [3.8, 4) is 29.0 Å². The van der Waals surface area contributed by atoms with Gasteiger partial charge in [-0.1, -0.05) is 127 Å². The molecule has 7 aromatic carbocycles. The standard InChI is InChI=1S/C44H29N3Si/c45-30-32-22-24-43-41(26-32)42-27-33(31-46)23-25-44(42)47(43)36-14-10-12-34(28-36)35-13-11-21-40(29-35)48(37-15-4-1-5-16-37,38-17-6-2-7-18-38)39-19-8-3-9-20-39/h1-29H. The van der Waals surface area contributed by atoms with Crippen molar-refractivity contribution in [3.05, 3.63) is 187 Å². The fourth-order valence-electron chi connectivity index (χ4n) is 7.26. The van der Waals surface area contributed by atoms with Gasteiger partial charge in [-0.2, -0.15) is 10.5 Å². The lowest BCUT2D eigenvalue weighted by atomic mass is 10.1. The second-order valence-corrected chi connectivity index (χ2v) is 15.8. The quantitative estimate of drug-likeness (QED) is 0.141. The molecule has 48 heavy (non-hydrogen) atoms. The van der Waals surface area contributed by atoms with E-state index in [-0.39, 0.29) is 0 Å². The van der Waals surface area contributed by atoms with Crippen molar-refractivity contribution >= 4 is 50.6 Å². The SMILES string of the molecule is N#Cc1ccc2c(c1)c1cc(C#N)ccc1n2-c1cccc(-c2cccc([Si](c3ccccc3)(c3ccccc3)c3ccccc3)c2)c1. The van der Waals surface area contributed by atoms with Gasteiger partial charge in [0.25, 0.3) is 0 Å². The molecule has 224 valence electrons. The third kappa shape index (κ3) is 4.72. The Bertz CT molecular complexity index is 2350. The Morgan fingerprint density at radius 2 is 0.833 bits per heavy atom. The largest absolute Gasteiger partial charge is 0.309 e. The van der Waals surface area contributed by atoms with E-state index in [4.69, 9.17) is 0 Å². The summed E-state index contributed by atoms with van der Waals surface area (Å²) in [5.74, 6) is 0. The van der Waals surface area contributed by atoms with Crippen molar-refractivity contribution in [2.45, 2.75) is 0 Å². The van der Waals surface area contributed by atoms with Crippen LogP contribution in [0.1, 0.15) is 11.1 Å². The van der Waals surface area contributed by atoms with Gasteiger partial charge >= 0.3 is 0 Å². The van der Waals surface area contributed by atoms with Gasteiger partial charge < -0.3 is 4.57 Å². The number of benzene rings is 7. The Labute approximate surface area is 280 Å². The second kappa shape index (κ2) is 12.0. The van der Waals surface area contributed by atoms with Crippen LogP contribution in [0.15, 0.2) is 176 Å². The van der Waals surface area contributed by atoms with Crippen LogP contribution in [0.4, 0.5) is 0 Å². The van der Waals surface area contributed by atoms with Gasteiger partial charge in [0.05, 0.1) is 34.3 Å². The van der Waals surface area contributed by atoms with Crippen LogP contribution in [-0.4, -0.2) is 12.6 Å². The lowest BCUT2D eigenvalue weighted by molar-refractivity contribution is 1.18. The van der Waals surface area contributed by atoms with Gasteiger partial charge in [0.1, 0.15) is 0 Å². The molecule has 3 nitrogen and oxygen atoms in total. The molecule has 8 rings (SSSR count). The van der Waals surface area contributed by atoms with Gasteiger partial charge in [0.15, 0.2) is 8.07 Å². The molecule has 0 atom stereocenters. The van der Waals surface area contributed by atoms with E-state index in [1.165, 1.54) is 20.7 Å². The first kappa shape index (κ1) is 29.0. The minimum atomic E-state index is -2.68. The summed E-state index contributed by atoms with van der Waals surface area (Å²) in [4.78, 5) is 0. The molecule has 0 spiro atoms. The molecular formula is C44H29N3Si. The van der Waals surface area contributed by atoms with Gasteiger partial charge in [-0.3, -0.25) is 0 Å². The van der Waals surface area contributed by atoms with Gasteiger partial charge in [-0.25, -0.2) is 0 Å². The third-order valence-corrected chi connectivity index (χ3v) is 14.2. The number of rotatable bonds is 6. The molecule has 0 aliphatic carbocycles. The highest BCUT2D eigenvalue weighted by atomic mass is 28.3. The minimum absolute atomic E-state index is 0.595. The zero-order chi connectivity index (χ0) is 32.5. The van der Waals surface area contributed by atoms with Crippen LogP contribution in [0.5, 0.6) is 0 Å². The molecule has 1 heterocycles. The van der Waals surface area contributed by atoms with Crippen molar-refractivity contribution in [1.82, 2.24) is 4.57 Å². The van der Waals surface area contributed by atoms with Crippen LogP contribution >= 0.6 is 0 Å². The fraction of sp³-hybridized carbons (Fsp3) is 0. The first-order valence-electron chi connectivity index (χ1n) is 16.0. The lowest BCUT2D eigenvalue weighted by Crippen LogP contribution is -2.74. The molecule has 0 N–H and O–H groups in total. The summed E-state index contributed by atoms with van der Waals surface area (Å²) >= 11 is 0. The number of hydrogen-bond acceptors (Lipinski definition) is 2. The Morgan fingerprint density at radius 3 is 1.31 bits per heavy atom. The average molecular weight is 628 g/mol. The van der Waals surface area contributed by atoms with Crippen LogP contribution in [-0.2, 0) is 0 Å². The van der Waals surface area contributed by atoms with Crippen molar-refractivity contribution in [3.63, 3.8) is 0 Å². The molecule has 0 saturated carbocycles. The van der Waals surface area contributed by atoms with Crippen LogP contribution < -0.4 is 20.7 Å². The molecule has 0 amide bonds. The highest BCUT2D eigenvalue weighted by molar-refractivity contribution is 7.19. The minimum Gasteiger partial charge on any atom is -0.309 e. The Kier molecular flexibility index (Phi) is 7.27. The van der Waals surface area contributed by atoms with E-state index in [9.17, 15) is 10.5 Å². The normalized spacial score (nSPS) is 11.3. The van der Waals surface area contributed by atoms with Crippen LogP contribution in [0.2, 0.25) is 0 Å². The van der Waals surface area contributed by atoms with E-state index in [0.29, 0.717) is 11.1 Å². The van der Waals surface area contributed by atoms with E-state index >= 15 is 0 Å². The first-order chi connectivity index (χ1) is 23.7. The molecule has 4 heteroatoms. The average Bonchev–Trinajstić information content (AvgIpc) is 3.49. The van der Waals surface area contributed by atoms with Gasteiger partial charge in [-0.15, -0.1) is 0 Å². The zero-order valence-electron chi connectivity index (χ0n) is 26.1. The predicted molar refractivity (Wildman–Crippen MR) is 199 cm³/mol. The molecule has 1 aromatic heterocycles. The molecule has 0 bridgehead atoms. The smallest absolute Gasteiger partial charge is 0.179 e. The molecule has 0 radical (unpaired) electrons. The van der Waals surface area contributed by atoms with E-state index in [1.54, 1.807) is 0 Å². The number of hydrogen-bond donors (Lipinski definition) is 0. The van der Waals surface area contributed by atoms with Gasteiger partial charge in [0, 0.05) is 16.5 Å². The van der Waals surface area contributed by atoms with Crippen LogP contribution in [0.25, 0.3) is 38.6 Å². The second-order valence-electron chi connectivity index (χ2n) is 12.0. The molecular weight excluding hydrogens is 599 g/mol. The monoisotopic (exact) mass is 627 g/mol. The van der Waals surface area contributed by atoms with Gasteiger partial charge in [0.2, 0.25) is 0 Å². The number of nitrogens with zero attached hydrogens (tertiary/aromatic N) is 3. The summed E-state index contributed by atoms with van der Waals surface area (Å²) in [6.45, 7) is 0. The van der Waals surface area contributed by atoms with Crippen molar-refractivity contribution < 1.29 is 0 Å². The van der Waals surface area contributed by atoms with Crippen molar-refractivity contribution in [1.29, 1.82) is 10.5 Å². The van der Waals surface area contributed by atoms with Crippen LogP contribution in [0, 0.1) is 22.7 Å². The maximum atomic E-state index is 9.65. The van der Waals surface area contributed by atoms with Crippen molar-refractivity contribution in [2.24, 2.45) is 0 Å². The Balaban J connectivity index is 1.34. The summed E-state index contributed by atoms with van der Waals surface area (Å²) in [7, 11) is -2.68. The molecule has 0 aliphatic heterocycles. The topological polar surface area (TPSA) is 52.5 Å². The Morgan fingerprint density at radius 1 is 0.396 bits per heavy atom. The summed E-state index contributed by atoms with van der Waals surface area (Å²) in [6, 6.07) is 66.8. The molecule has 8 aromatic rings.